The normalized spacial score (nSPS) is 14.8. The fraction of sp³-hybridized carbons (Fsp3) is 0.286. The van der Waals surface area contributed by atoms with Crippen molar-refractivity contribution in [1.29, 1.82) is 0 Å². The highest BCUT2D eigenvalue weighted by Gasteiger charge is 2.16. The summed E-state index contributed by atoms with van der Waals surface area (Å²) in [5, 5.41) is 6.24. The Morgan fingerprint density at radius 3 is 2.65 bits per heavy atom. The van der Waals surface area contributed by atoms with Crippen molar-refractivity contribution in [3.05, 3.63) is 77.6 Å². The molecule has 0 aliphatic heterocycles. The summed E-state index contributed by atoms with van der Waals surface area (Å²) in [5.74, 6) is 0. The zero-order valence-electron chi connectivity index (χ0n) is 13.3. The monoisotopic (exact) mass is 302 g/mol. The molecule has 0 atom stereocenters. The average molecular weight is 302 g/mol. The second-order valence-corrected chi connectivity index (χ2v) is 6.49. The maximum absolute atomic E-state index is 4.65. The van der Waals surface area contributed by atoms with E-state index in [9.17, 15) is 0 Å². The van der Waals surface area contributed by atoms with Gasteiger partial charge in [-0.25, -0.2) is 0 Å². The van der Waals surface area contributed by atoms with Crippen molar-refractivity contribution in [2.75, 3.05) is 0 Å². The van der Waals surface area contributed by atoms with Crippen molar-refractivity contribution in [2.24, 2.45) is 0 Å². The molecule has 4 rings (SSSR count). The lowest BCUT2D eigenvalue weighted by atomic mass is 9.93. The fourth-order valence-electron chi connectivity index (χ4n) is 3.20. The molecule has 3 aromatic rings. The lowest BCUT2D eigenvalue weighted by Crippen LogP contribution is -2.34. The summed E-state index contributed by atoms with van der Waals surface area (Å²) < 4.78 is 0. The van der Waals surface area contributed by atoms with Crippen LogP contribution >= 0.6 is 0 Å². The minimum Gasteiger partial charge on any atom is -0.310 e. The number of fused-ring (bicyclic) bond motifs is 1. The van der Waals surface area contributed by atoms with Gasteiger partial charge in [0, 0.05) is 36.3 Å². The number of pyridine rings is 1. The van der Waals surface area contributed by atoms with Gasteiger partial charge in [-0.05, 0) is 35.4 Å². The largest absolute Gasteiger partial charge is 0.310 e. The molecular formula is C21H22N2. The Hall–Kier alpha value is -2.19. The van der Waals surface area contributed by atoms with Crippen LogP contribution in [0.2, 0.25) is 0 Å². The first-order valence-corrected chi connectivity index (χ1v) is 8.52. The first kappa shape index (κ1) is 14.4. The second-order valence-electron chi connectivity index (χ2n) is 6.49. The Bertz CT molecular complexity index is 791. The predicted octanol–water partition coefficient (Wildman–Crippen LogP) is 4.47. The predicted molar refractivity (Wildman–Crippen MR) is 95.5 cm³/mol. The Morgan fingerprint density at radius 1 is 1.00 bits per heavy atom. The summed E-state index contributed by atoms with van der Waals surface area (Å²) in [6.45, 7) is 0.955. The van der Waals surface area contributed by atoms with Crippen LogP contribution in [0.3, 0.4) is 0 Å². The highest BCUT2D eigenvalue weighted by Crippen LogP contribution is 2.23. The van der Waals surface area contributed by atoms with Gasteiger partial charge in [-0.2, -0.15) is 0 Å². The number of hydrogen-bond acceptors (Lipinski definition) is 2. The van der Waals surface area contributed by atoms with Gasteiger partial charge in [0.2, 0.25) is 0 Å². The maximum atomic E-state index is 4.65. The molecule has 1 N–H and O–H groups in total. The first-order valence-electron chi connectivity index (χ1n) is 8.52. The van der Waals surface area contributed by atoms with Crippen LogP contribution in [0.1, 0.15) is 36.1 Å². The van der Waals surface area contributed by atoms with E-state index in [1.807, 2.05) is 6.20 Å². The van der Waals surface area contributed by atoms with Crippen LogP contribution in [0.25, 0.3) is 10.8 Å². The Morgan fingerprint density at radius 2 is 1.87 bits per heavy atom. The Kier molecular flexibility index (Phi) is 4.08. The summed E-state index contributed by atoms with van der Waals surface area (Å²) in [4.78, 5) is 4.65. The molecule has 1 heterocycles. The molecule has 1 aliphatic rings. The van der Waals surface area contributed by atoms with Gasteiger partial charge in [0.05, 0.1) is 0 Å². The third-order valence-electron chi connectivity index (χ3n) is 4.82. The maximum Gasteiger partial charge on any atom is 0.0453 e. The zero-order chi connectivity index (χ0) is 15.5. The lowest BCUT2D eigenvalue weighted by molar-refractivity contribution is 0.338. The van der Waals surface area contributed by atoms with E-state index in [0.29, 0.717) is 0 Å². The molecule has 0 spiro atoms. The van der Waals surface area contributed by atoms with E-state index in [2.05, 4.69) is 64.9 Å². The van der Waals surface area contributed by atoms with Crippen molar-refractivity contribution >= 4 is 10.8 Å². The number of hydrogen-bond donors (Lipinski definition) is 1. The van der Waals surface area contributed by atoms with E-state index >= 15 is 0 Å². The fourth-order valence-corrected chi connectivity index (χ4v) is 3.20. The van der Waals surface area contributed by atoms with Crippen LogP contribution < -0.4 is 5.32 Å². The van der Waals surface area contributed by atoms with E-state index in [-0.39, 0.29) is 0 Å². The minimum absolute atomic E-state index is 0.718. The van der Waals surface area contributed by atoms with Crippen LogP contribution in [0, 0.1) is 0 Å². The smallest absolute Gasteiger partial charge is 0.0453 e. The van der Waals surface area contributed by atoms with Gasteiger partial charge < -0.3 is 5.32 Å². The standard InChI is InChI=1S/C21H22N2/c1-2-6-16(7-3-1)12-20-13-21-17(14-22-19-10-5-11-19)8-4-9-18(21)15-23-20/h1-4,6-9,13,15,19,22H,5,10-12,14H2. The van der Waals surface area contributed by atoms with Crippen LogP contribution in [0.4, 0.5) is 0 Å². The topological polar surface area (TPSA) is 24.9 Å². The van der Waals surface area contributed by atoms with E-state index in [4.69, 9.17) is 0 Å². The van der Waals surface area contributed by atoms with Crippen molar-refractivity contribution in [3.8, 4) is 0 Å². The van der Waals surface area contributed by atoms with Crippen molar-refractivity contribution in [2.45, 2.75) is 38.3 Å². The SMILES string of the molecule is c1ccc(Cc2cc3c(CNC4CCC4)cccc3cn2)cc1. The van der Waals surface area contributed by atoms with Crippen molar-refractivity contribution in [3.63, 3.8) is 0 Å². The molecule has 2 aromatic carbocycles. The minimum atomic E-state index is 0.718. The number of rotatable bonds is 5. The van der Waals surface area contributed by atoms with E-state index in [1.54, 1.807) is 0 Å². The molecule has 2 heteroatoms. The first-order chi connectivity index (χ1) is 11.4. The molecule has 0 unspecified atom stereocenters. The molecule has 1 aromatic heterocycles. The summed E-state index contributed by atoms with van der Waals surface area (Å²) >= 11 is 0. The van der Waals surface area contributed by atoms with Gasteiger partial charge in [-0.1, -0.05) is 55.0 Å². The number of nitrogens with one attached hydrogen (secondary N) is 1. The molecule has 0 radical (unpaired) electrons. The van der Waals surface area contributed by atoms with Crippen LogP contribution in [-0.2, 0) is 13.0 Å². The van der Waals surface area contributed by atoms with Gasteiger partial charge >= 0.3 is 0 Å². The number of aromatic nitrogens is 1. The Labute approximate surface area is 137 Å². The third kappa shape index (κ3) is 3.27. The molecule has 1 fully saturated rings. The molecule has 1 aliphatic carbocycles. The highest BCUT2D eigenvalue weighted by atomic mass is 14.9. The molecule has 23 heavy (non-hydrogen) atoms. The number of nitrogens with zero attached hydrogens (tertiary/aromatic N) is 1. The Balaban J connectivity index is 1.60. The van der Waals surface area contributed by atoms with Gasteiger partial charge in [-0.3, -0.25) is 4.98 Å². The van der Waals surface area contributed by atoms with Crippen LogP contribution in [-0.4, -0.2) is 11.0 Å². The molecule has 0 saturated heterocycles. The summed E-state index contributed by atoms with van der Waals surface area (Å²) in [5.41, 5.74) is 3.83. The lowest BCUT2D eigenvalue weighted by Gasteiger charge is -2.26. The molecule has 0 bridgehead atoms. The molecule has 0 amide bonds. The van der Waals surface area contributed by atoms with Crippen LogP contribution in [0.5, 0.6) is 0 Å². The van der Waals surface area contributed by atoms with Crippen LogP contribution in [0.15, 0.2) is 60.8 Å². The highest BCUT2D eigenvalue weighted by molar-refractivity contribution is 5.85. The van der Waals surface area contributed by atoms with Gasteiger partial charge in [0.15, 0.2) is 0 Å². The molecular weight excluding hydrogens is 280 g/mol. The van der Waals surface area contributed by atoms with Gasteiger partial charge in [0.25, 0.3) is 0 Å². The second kappa shape index (κ2) is 6.51. The molecule has 116 valence electrons. The molecule has 1 saturated carbocycles. The third-order valence-corrected chi connectivity index (χ3v) is 4.82. The zero-order valence-corrected chi connectivity index (χ0v) is 13.3. The quantitative estimate of drug-likeness (QED) is 0.752. The summed E-state index contributed by atoms with van der Waals surface area (Å²) in [6, 6.07) is 20.1. The number of benzene rings is 2. The van der Waals surface area contributed by atoms with E-state index < -0.39 is 0 Å². The summed E-state index contributed by atoms with van der Waals surface area (Å²) in [7, 11) is 0. The van der Waals surface area contributed by atoms with Crippen molar-refractivity contribution in [1.82, 2.24) is 10.3 Å². The van der Waals surface area contributed by atoms with Gasteiger partial charge in [0.1, 0.15) is 0 Å². The average Bonchev–Trinajstić information content (AvgIpc) is 2.55. The molecule has 2 nitrogen and oxygen atoms in total. The van der Waals surface area contributed by atoms with E-state index in [0.717, 1.165) is 24.7 Å². The van der Waals surface area contributed by atoms with Crippen molar-refractivity contribution < 1.29 is 0 Å². The van der Waals surface area contributed by atoms with Gasteiger partial charge in [-0.15, -0.1) is 0 Å². The summed E-state index contributed by atoms with van der Waals surface area (Å²) in [6.07, 6.45) is 6.93. The van der Waals surface area contributed by atoms with E-state index in [1.165, 1.54) is 41.2 Å².